The summed E-state index contributed by atoms with van der Waals surface area (Å²) in [6, 6.07) is 6.89. The third kappa shape index (κ3) is 2.72. The zero-order valence-electron chi connectivity index (χ0n) is 11.1. The minimum absolute atomic E-state index is 0.149. The van der Waals surface area contributed by atoms with Gasteiger partial charge < -0.3 is 20.6 Å². The van der Waals surface area contributed by atoms with Crippen molar-refractivity contribution in [2.75, 3.05) is 13.1 Å². The molecule has 5 nitrogen and oxygen atoms in total. The molecule has 4 N–H and O–H groups in total. The Labute approximate surface area is 111 Å². The van der Waals surface area contributed by atoms with Crippen molar-refractivity contribution in [3.63, 3.8) is 0 Å². The maximum atomic E-state index is 11.3. The van der Waals surface area contributed by atoms with Crippen LogP contribution in [0.3, 0.4) is 0 Å². The van der Waals surface area contributed by atoms with E-state index in [-0.39, 0.29) is 11.7 Å². The SMILES string of the molecule is CC(NC1CCCNC1)c1ccc2[nH]c(=O)[nH]c2c1. The number of benzene rings is 1. The zero-order valence-corrected chi connectivity index (χ0v) is 11.1. The molecule has 19 heavy (non-hydrogen) atoms. The molecule has 1 aromatic heterocycles. The Morgan fingerprint density at radius 2 is 2.16 bits per heavy atom. The second kappa shape index (κ2) is 5.19. The van der Waals surface area contributed by atoms with Gasteiger partial charge in [-0.3, -0.25) is 0 Å². The quantitative estimate of drug-likeness (QED) is 0.671. The molecule has 0 bridgehead atoms. The topological polar surface area (TPSA) is 72.7 Å². The summed E-state index contributed by atoms with van der Waals surface area (Å²) in [6.45, 7) is 4.33. The fourth-order valence-electron chi connectivity index (χ4n) is 2.76. The number of fused-ring (bicyclic) bond motifs is 1. The number of piperidine rings is 1. The molecule has 1 aromatic carbocycles. The highest BCUT2D eigenvalue weighted by atomic mass is 16.1. The van der Waals surface area contributed by atoms with Gasteiger partial charge in [0.05, 0.1) is 11.0 Å². The van der Waals surface area contributed by atoms with E-state index < -0.39 is 0 Å². The van der Waals surface area contributed by atoms with E-state index in [9.17, 15) is 4.79 Å². The molecule has 0 radical (unpaired) electrons. The van der Waals surface area contributed by atoms with Gasteiger partial charge in [0.2, 0.25) is 0 Å². The summed E-state index contributed by atoms with van der Waals surface area (Å²) in [5, 5.41) is 7.05. The Bertz CT molecular complexity index is 609. The predicted octanol–water partition coefficient (Wildman–Crippen LogP) is 1.26. The van der Waals surface area contributed by atoms with Crippen LogP contribution in [-0.2, 0) is 0 Å². The van der Waals surface area contributed by atoms with Crippen molar-refractivity contribution in [3.05, 3.63) is 34.2 Å². The van der Waals surface area contributed by atoms with Crippen molar-refractivity contribution in [3.8, 4) is 0 Å². The van der Waals surface area contributed by atoms with Crippen LogP contribution in [-0.4, -0.2) is 29.1 Å². The number of rotatable bonds is 3. The van der Waals surface area contributed by atoms with Crippen molar-refractivity contribution in [2.45, 2.75) is 31.8 Å². The molecule has 1 aliphatic rings. The number of nitrogens with one attached hydrogen (secondary N) is 4. The average molecular weight is 260 g/mol. The van der Waals surface area contributed by atoms with Crippen LogP contribution in [0.25, 0.3) is 11.0 Å². The van der Waals surface area contributed by atoms with E-state index in [2.05, 4.69) is 33.6 Å². The monoisotopic (exact) mass is 260 g/mol. The molecule has 2 aromatic rings. The molecule has 102 valence electrons. The van der Waals surface area contributed by atoms with E-state index in [4.69, 9.17) is 0 Å². The van der Waals surface area contributed by atoms with Crippen LogP contribution in [0.1, 0.15) is 31.4 Å². The highest BCUT2D eigenvalue weighted by molar-refractivity contribution is 5.75. The van der Waals surface area contributed by atoms with Gasteiger partial charge in [0.25, 0.3) is 0 Å². The molecule has 5 heteroatoms. The number of H-pyrrole nitrogens is 2. The molecule has 2 unspecified atom stereocenters. The summed E-state index contributed by atoms with van der Waals surface area (Å²) >= 11 is 0. The van der Waals surface area contributed by atoms with E-state index in [1.54, 1.807) is 0 Å². The molecule has 0 spiro atoms. The largest absolute Gasteiger partial charge is 0.323 e. The van der Waals surface area contributed by atoms with Crippen molar-refractivity contribution in [2.24, 2.45) is 0 Å². The van der Waals surface area contributed by atoms with Crippen LogP contribution >= 0.6 is 0 Å². The first-order valence-corrected chi connectivity index (χ1v) is 6.91. The van der Waals surface area contributed by atoms with Crippen LogP contribution in [0.2, 0.25) is 0 Å². The number of aromatic nitrogens is 2. The van der Waals surface area contributed by atoms with Crippen molar-refractivity contribution < 1.29 is 0 Å². The lowest BCUT2D eigenvalue weighted by Crippen LogP contribution is -2.43. The maximum Gasteiger partial charge on any atom is 0.323 e. The Hall–Kier alpha value is -1.59. The van der Waals surface area contributed by atoms with E-state index in [0.717, 1.165) is 24.1 Å². The second-order valence-corrected chi connectivity index (χ2v) is 5.32. The van der Waals surface area contributed by atoms with Gasteiger partial charge in [0, 0.05) is 18.6 Å². The normalized spacial score (nSPS) is 21.6. The molecular formula is C14H20N4O. The lowest BCUT2D eigenvalue weighted by Gasteiger charge is -2.27. The number of hydrogen-bond acceptors (Lipinski definition) is 3. The Balaban J connectivity index is 1.76. The van der Waals surface area contributed by atoms with Gasteiger partial charge in [-0.05, 0) is 44.0 Å². The second-order valence-electron chi connectivity index (χ2n) is 5.32. The lowest BCUT2D eigenvalue weighted by atomic mass is 10.0. The molecule has 1 aliphatic heterocycles. The molecule has 1 fully saturated rings. The Morgan fingerprint density at radius 3 is 2.95 bits per heavy atom. The average Bonchev–Trinajstić information content (AvgIpc) is 2.78. The fraction of sp³-hybridized carbons (Fsp3) is 0.500. The van der Waals surface area contributed by atoms with E-state index in [1.165, 1.54) is 18.4 Å². The first-order chi connectivity index (χ1) is 9.22. The van der Waals surface area contributed by atoms with Gasteiger partial charge in [0.15, 0.2) is 0 Å². The van der Waals surface area contributed by atoms with Gasteiger partial charge >= 0.3 is 5.69 Å². The summed E-state index contributed by atoms with van der Waals surface area (Å²) in [5.74, 6) is 0. The maximum absolute atomic E-state index is 11.3. The smallest absolute Gasteiger partial charge is 0.315 e. The summed E-state index contributed by atoms with van der Waals surface area (Å²) in [5.41, 5.74) is 2.79. The molecule has 2 heterocycles. The minimum Gasteiger partial charge on any atom is -0.315 e. The molecular weight excluding hydrogens is 240 g/mol. The number of imidazole rings is 1. The third-order valence-corrected chi connectivity index (χ3v) is 3.82. The highest BCUT2D eigenvalue weighted by Gasteiger charge is 2.16. The van der Waals surface area contributed by atoms with Crippen molar-refractivity contribution in [1.29, 1.82) is 0 Å². The van der Waals surface area contributed by atoms with Gasteiger partial charge in [0.1, 0.15) is 0 Å². The van der Waals surface area contributed by atoms with E-state index in [0.29, 0.717) is 6.04 Å². The lowest BCUT2D eigenvalue weighted by molar-refractivity contribution is 0.362. The van der Waals surface area contributed by atoms with Gasteiger partial charge in [-0.15, -0.1) is 0 Å². The van der Waals surface area contributed by atoms with Gasteiger partial charge in [-0.2, -0.15) is 0 Å². The van der Waals surface area contributed by atoms with E-state index >= 15 is 0 Å². The first kappa shape index (κ1) is 12.4. The van der Waals surface area contributed by atoms with Crippen LogP contribution in [0.15, 0.2) is 23.0 Å². The summed E-state index contributed by atoms with van der Waals surface area (Å²) in [7, 11) is 0. The van der Waals surface area contributed by atoms with Crippen molar-refractivity contribution >= 4 is 11.0 Å². The molecule has 2 atom stereocenters. The zero-order chi connectivity index (χ0) is 13.2. The molecule has 1 saturated heterocycles. The summed E-state index contributed by atoms with van der Waals surface area (Å²) in [6.07, 6.45) is 2.45. The Morgan fingerprint density at radius 1 is 1.32 bits per heavy atom. The molecule has 0 amide bonds. The Kier molecular flexibility index (Phi) is 3.40. The fourth-order valence-corrected chi connectivity index (χ4v) is 2.76. The van der Waals surface area contributed by atoms with Crippen molar-refractivity contribution in [1.82, 2.24) is 20.6 Å². The van der Waals surface area contributed by atoms with Gasteiger partial charge in [-0.1, -0.05) is 6.07 Å². The summed E-state index contributed by atoms with van der Waals surface area (Å²) < 4.78 is 0. The molecule has 0 aliphatic carbocycles. The van der Waals surface area contributed by atoms with E-state index in [1.807, 2.05) is 12.1 Å². The number of aromatic amines is 2. The van der Waals surface area contributed by atoms with Crippen LogP contribution in [0.5, 0.6) is 0 Å². The highest BCUT2D eigenvalue weighted by Crippen LogP contribution is 2.18. The van der Waals surface area contributed by atoms with Gasteiger partial charge in [-0.25, -0.2) is 4.79 Å². The first-order valence-electron chi connectivity index (χ1n) is 6.91. The van der Waals surface area contributed by atoms with Crippen LogP contribution in [0, 0.1) is 0 Å². The number of hydrogen-bond donors (Lipinski definition) is 4. The third-order valence-electron chi connectivity index (χ3n) is 3.82. The molecule has 0 saturated carbocycles. The molecule has 3 rings (SSSR count). The summed E-state index contributed by atoms with van der Waals surface area (Å²) in [4.78, 5) is 16.8. The standard InChI is InChI=1S/C14H20N4O/c1-9(16-11-3-2-6-15-8-11)10-4-5-12-13(7-10)18-14(19)17-12/h4-5,7,9,11,15-16H,2-3,6,8H2,1H3,(H2,17,18,19). The van der Waals surface area contributed by atoms with Crippen LogP contribution < -0.4 is 16.3 Å². The van der Waals surface area contributed by atoms with Crippen LogP contribution in [0.4, 0.5) is 0 Å². The predicted molar refractivity (Wildman–Crippen MR) is 76.4 cm³/mol. The minimum atomic E-state index is -0.149.